The van der Waals surface area contributed by atoms with E-state index >= 15 is 0 Å². The van der Waals surface area contributed by atoms with Crippen molar-refractivity contribution in [2.24, 2.45) is 0 Å². The van der Waals surface area contributed by atoms with Gasteiger partial charge in [-0.05, 0) is 35.9 Å². The lowest BCUT2D eigenvalue weighted by Gasteiger charge is -2.32. The lowest BCUT2D eigenvalue weighted by Crippen LogP contribution is -2.39. The van der Waals surface area contributed by atoms with E-state index in [9.17, 15) is 0 Å². The number of hydrogen-bond acceptors (Lipinski definition) is 6. The van der Waals surface area contributed by atoms with E-state index in [0.29, 0.717) is 0 Å². The van der Waals surface area contributed by atoms with Gasteiger partial charge in [-0.25, -0.2) is 15.0 Å². The Morgan fingerprint density at radius 1 is 0.893 bits per heavy atom. The zero-order valence-corrected chi connectivity index (χ0v) is 16.3. The monoisotopic (exact) mass is 375 g/mol. The summed E-state index contributed by atoms with van der Waals surface area (Å²) in [7, 11) is 3.98. The van der Waals surface area contributed by atoms with E-state index in [0.717, 1.165) is 54.6 Å². The number of nitrogens with zero attached hydrogens (tertiary/aromatic N) is 5. The highest BCUT2D eigenvalue weighted by Gasteiger charge is 2.22. The second kappa shape index (κ2) is 8.25. The average Bonchev–Trinajstić information content (AvgIpc) is 2.75. The molecule has 6 heteroatoms. The number of aromatic nitrogens is 3. The molecule has 1 aliphatic rings. The highest BCUT2D eigenvalue weighted by molar-refractivity contribution is 5.64. The second-order valence-corrected chi connectivity index (χ2v) is 7.18. The van der Waals surface area contributed by atoms with Crippen LogP contribution in [0.5, 0.6) is 5.75 Å². The fraction of sp³-hybridized carbons (Fsp3) is 0.318. The molecule has 1 fully saturated rings. The molecule has 0 amide bonds. The Morgan fingerprint density at radius 2 is 1.57 bits per heavy atom. The quantitative estimate of drug-likeness (QED) is 0.678. The third-order valence-electron chi connectivity index (χ3n) is 4.97. The van der Waals surface area contributed by atoms with Crippen LogP contribution in [-0.2, 0) is 0 Å². The molecule has 3 aromatic rings. The maximum atomic E-state index is 6.19. The minimum atomic E-state index is 0.229. The summed E-state index contributed by atoms with van der Waals surface area (Å²) in [5.74, 6) is 2.67. The van der Waals surface area contributed by atoms with Gasteiger partial charge in [0.15, 0.2) is 0 Å². The Labute approximate surface area is 165 Å². The fourth-order valence-electron chi connectivity index (χ4n) is 3.37. The first-order valence-electron chi connectivity index (χ1n) is 9.61. The number of rotatable bonds is 5. The molecule has 1 saturated heterocycles. The molecule has 0 spiro atoms. The number of piperidine rings is 1. The van der Waals surface area contributed by atoms with Crippen LogP contribution in [-0.4, -0.2) is 48.2 Å². The lowest BCUT2D eigenvalue weighted by atomic mass is 10.1. The summed E-state index contributed by atoms with van der Waals surface area (Å²) in [6, 6.07) is 14.2. The number of anilines is 2. The van der Waals surface area contributed by atoms with Crippen molar-refractivity contribution in [3.8, 4) is 16.9 Å². The summed E-state index contributed by atoms with van der Waals surface area (Å²) in [4.78, 5) is 17.4. The van der Waals surface area contributed by atoms with Crippen LogP contribution in [0.15, 0.2) is 61.1 Å². The van der Waals surface area contributed by atoms with Gasteiger partial charge in [-0.2, -0.15) is 0 Å². The van der Waals surface area contributed by atoms with Crippen molar-refractivity contribution in [3.63, 3.8) is 0 Å². The standard InChI is InChI=1S/C22H25N5O/c1-26(2)21-9-6-18(16-25-21)17-4-7-19(8-5-17)28-20-10-14-27(15-11-20)22-23-12-3-13-24-22/h3-9,12-13,16,20H,10-11,14-15H2,1-2H3. The smallest absolute Gasteiger partial charge is 0.225 e. The summed E-state index contributed by atoms with van der Waals surface area (Å²) in [5, 5.41) is 0. The lowest BCUT2D eigenvalue weighted by molar-refractivity contribution is 0.170. The van der Waals surface area contributed by atoms with Crippen molar-refractivity contribution >= 4 is 11.8 Å². The van der Waals surface area contributed by atoms with Crippen LogP contribution >= 0.6 is 0 Å². The number of benzene rings is 1. The van der Waals surface area contributed by atoms with Crippen molar-refractivity contribution in [3.05, 3.63) is 61.1 Å². The molecule has 0 N–H and O–H groups in total. The predicted octanol–water partition coefficient (Wildman–Crippen LogP) is 3.65. The first-order valence-corrected chi connectivity index (χ1v) is 9.61. The van der Waals surface area contributed by atoms with E-state index in [1.807, 2.05) is 49.5 Å². The topological polar surface area (TPSA) is 54.4 Å². The highest BCUT2D eigenvalue weighted by atomic mass is 16.5. The Hall–Kier alpha value is -3.15. The van der Waals surface area contributed by atoms with Crippen LogP contribution in [0.4, 0.5) is 11.8 Å². The van der Waals surface area contributed by atoms with Crippen molar-refractivity contribution in [1.82, 2.24) is 15.0 Å². The third-order valence-corrected chi connectivity index (χ3v) is 4.97. The number of hydrogen-bond donors (Lipinski definition) is 0. The number of ether oxygens (including phenoxy) is 1. The van der Waals surface area contributed by atoms with E-state index < -0.39 is 0 Å². The van der Waals surface area contributed by atoms with Gasteiger partial charge in [0.25, 0.3) is 0 Å². The van der Waals surface area contributed by atoms with Gasteiger partial charge in [0.1, 0.15) is 17.7 Å². The summed E-state index contributed by atoms with van der Waals surface area (Å²) < 4.78 is 6.19. The Bertz CT molecular complexity index is 873. The van der Waals surface area contributed by atoms with Crippen molar-refractivity contribution in [1.29, 1.82) is 0 Å². The fourth-order valence-corrected chi connectivity index (χ4v) is 3.37. The van der Waals surface area contributed by atoms with E-state index in [-0.39, 0.29) is 6.10 Å². The Kier molecular flexibility index (Phi) is 5.37. The Morgan fingerprint density at radius 3 is 2.18 bits per heavy atom. The molecule has 4 rings (SSSR count). The largest absolute Gasteiger partial charge is 0.490 e. The zero-order valence-electron chi connectivity index (χ0n) is 16.3. The van der Waals surface area contributed by atoms with Crippen molar-refractivity contribution < 1.29 is 4.74 Å². The molecule has 2 aromatic heterocycles. The molecule has 0 radical (unpaired) electrons. The van der Waals surface area contributed by atoms with Crippen LogP contribution in [0, 0.1) is 0 Å². The van der Waals surface area contributed by atoms with E-state index in [4.69, 9.17) is 4.74 Å². The van der Waals surface area contributed by atoms with E-state index in [1.54, 1.807) is 12.4 Å². The minimum Gasteiger partial charge on any atom is -0.490 e. The maximum Gasteiger partial charge on any atom is 0.225 e. The molecule has 0 aliphatic carbocycles. The van der Waals surface area contributed by atoms with Gasteiger partial charge in [0, 0.05) is 64.2 Å². The summed E-state index contributed by atoms with van der Waals surface area (Å²) in [5.41, 5.74) is 2.24. The number of pyridine rings is 1. The van der Waals surface area contributed by atoms with Crippen molar-refractivity contribution in [2.75, 3.05) is 37.0 Å². The van der Waals surface area contributed by atoms with E-state index in [2.05, 4.69) is 38.1 Å². The van der Waals surface area contributed by atoms with Crippen LogP contribution < -0.4 is 14.5 Å². The van der Waals surface area contributed by atoms with Crippen molar-refractivity contribution in [2.45, 2.75) is 18.9 Å². The molecule has 144 valence electrons. The van der Waals surface area contributed by atoms with Gasteiger partial charge in [-0.3, -0.25) is 0 Å². The van der Waals surface area contributed by atoms with E-state index in [1.165, 1.54) is 0 Å². The zero-order chi connectivity index (χ0) is 19.3. The highest BCUT2D eigenvalue weighted by Crippen LogP contribution is 2.25. The average molecular weight is 375 g/mol. The molecule has 1 aromatic carbocycles. The second-order valence-electron chi connectivity index (χ2n) is 7.18. The van der Waals surface area contributed by atoms with Gasteiger partial charge < -0.3 is 14.5 Å². The molecule has 0 bridgehead atoms. The third kappa shape index (κ3) is 4.22. The first kappa shape index (κ1) is 18.2. The molecular weight excluding hydrogens is 350 g/mol. The Balaban J connectivity index is 1.34. The van der Waals surface area contributed by atoms with Crippen LogP contribution in [0.1, 0.15) is 12.8 Å². The SMILES string of the molecule is CN(C)c1ccc(-c2ccc(OC3CCN(c4ncccn4)CC3)cc2)cn1. The normalized spacial score (nSPS) is 14.7. The van der Waals surface area contributed by atoms with Gasteiger partial charge in [0.2, 0.25) is 5.95 Å². The molecule has 28 heavy (non-hydrogen) atoms. The summed E-state index contributed by atoms with van der Waals surface area (Å²) >= 11 is 0. The van der Waals surface area contributed by atoms with Gasteiger partial charge in [-0.1, -0.05) is 12.1 Å². The van der Waals surface area contributed by atoms with Crippen LogP contribution in [0.25, 0.3) is 11.1 Å². The molecule has 1 aliphatic heterocycles. The molecule has 6 nitrogen and oxygen atoms in total. The van der Waals surface area contributed by atoms with Crippen LogP contribution in [0.3, 0.4) is 0 Å². The van der Waals surface area contributed by atoms with Gasteiger partial charge >= 0.3 is 0 Å². The molecule has 0 saturated carbocycles. The maximum absolute atomic E-state index is 6.19. The summed E-state index contributed by atoms with van der Waals surface area (Å²) in [6.07, 6.45) is 7.65. The molecule has 0 unspecified atom stereocenters. The molecule has 0 atom stereocenters. The predicted molar refractivity (Wildman–Crippen MR) is 112 cm³/mol. The first-order chi connectivity index (χ1) is 13.7. The minimum absolute atomic E-state index is 0.229. The van der Waals surface area contributed by atoms with Crippen LogP contribution in [0.2, 0.25) is 0 Å². The summed E-state index contributed by atoms with van der Waals surface area (Å²) in [6.45, 7) is 1.83. The molecule has 3 heterocycles. The van der Waals surface area contributed by atoms with Gasteiger partial charge in [-0.15, -0.1) is 0 Å². The molecular formula is C22H25N5O. The van der Waals surface area contributed by atoms with Gasteiger partial charge in [0.05, 0.1) is 0 Å².